The minimum absolute atomic E-state index is 0.0856. The van der Waals surface area contributed by atoms with Crippen LogP contribution in [-0.2, 0) is 11.0 Å². The number of thiophene rings is 1. The Morgan fingerprint density at radius 3 is 2.40 bits per heavy atom. The van der Waals surface area contributed by atoms with E-state index in [9.17, 15) is 9.90 Å². The summed E-state index contributed by atoms with van der Waals surface area (Å²) in [6.07, 6.45) is 2.01. The molecule has 1 aromatic heterocycles. The third-order valence-corrected chi connectivity index (χ3v) is 5.76. The van der Waals surface area contributed by atoms with Gasteiger partial charge in [-0.05, 0) is 53.3 Å². The maximum Gasteiger partial charge on any atom is 0.319 e. The highest BCUT2D eigenvalue weighted by molar-refractivity contribution is 7.10. The van der Waals surface area contributed by atoms with Crippen LogP contribution in [-0.4, -0.2) is 17.7 Å². The average molecular weight is 359 g/mol. The number of carbonyl (C=O) groups excluding carboxylic acids is 1. The van der Waals surface area contributed by atoms with Gasteiger partial charge in [-0.2, -0.15) is 0 Å². The molecule has 1 unspecified atom stereocenters. The molecule has 134 valence electrons. The van der Waals surface area contributed by atoms with E-state index >= 15 is 0 Å². The summed E-state index contributed by atoms with van der Waals surface area (Å²) >= 11 is 1.54. The van der Waals surface area contributed by atoms with E-state index in [1.165, 1.54) is 16.9 Å². The Hall–Kier alpha value is -1.85. The van der Waals surface area contributed by atoms with Gasteiger partial charge in [0.1, 0.15) is 5.60 Å². The van der Waals surface area contributed by atoms with Gasteiger partial charge in [0.25, 0.3) is 0 Å². The third-order valence-electron chi connectivity index (χ3n) is 4.73. The molecule has 25 heavy (non-hydrogen) atoms. The van der Waals surface area contributed by atoms with E-state index in [2.05, 4.69) is 31.4 Å². The Kier molecular flexibility index (Phi) is 4.89. The standard InChI is InChI=1S/C20H26N2O2S/c1-19(2,3)14-8-10-16(11-9-14)22-18(23)21-13-20(24,15-6-7-15)17-5-4-12-25-17/h4-5,8-12,15,24H,6-7,13H2,1-3H3,(H2,21,22,23). The van der Waals surface area contributed by atoms with Crippen molar-refractivity contribution in [2.45, 2.75) is 44.6 Å². The van der Waals surface area contributed by atoms with Gasteiger partial charge in [0.15, 0.2) is 0 Å². The third kappa shape index (κ3) is 4.22. The number of hydrogen-bond donors (Lipinski definition) is 3. The number of urea groups is 1. The minimum atomic E-state index is -0.957. The number of amides is 2. The lowest BCUT2D eigenvalue weighted by molar-refractivity contribution is 0.0200. The molecule has 1 aliphatic carbocycles. The van der Waals surface area contributed by atoms with E-state index in [0.29, 0.717) is 0 Å². The second-order valence-corrected chi connectivity index (χ2v) is 8.76. The molecule has 0 aliphatic heterocycles. The van der Waals surface area contributed by atoms with Crippen LogP contribution in [0.2, 0.25) is 0 Å². The second kappa shape index (κ2) is 6.81. The summed E-state index contributed by atoms with van der Waals surface area (Å²) in [6, 6.07) is 11.5. The number of hydrogen-bond acceptors (Lipinski definition) is 3. The SMILES string of the molecule is CC(C)(C)c1ccc(NC(=O)NCC(O)(c2cccs2)C2CC2)cc1. The van der Waals surface area contributed by atoms with Crippen molar-refractivity contribution in [3.8, 4) is 0 Å². The monoisotopic (exact) mass is 358 g/mol. The molecule has 2 aromatic rings. The van der Waals surface area contributed by atoms with Crippen LogP contribution in [0.15, 0.2) is 41.8 Å². The first-order chi connectivity index (χ1) is 11.8. The fourth-order valence-corrected chi connectivity index (χ4v) is 3.87. The molecule has 3 N–H and O–H groups in total. The van der Waals surface area contributed by atoms with Gasteiger partial charge < -0.3 is 15.7 Å². The van der Waals surface area contributed by atoms with Gasteiger partial charge in [-0.25, -0.2) is 4.79 Å². The van der Waals surface area contributed by atoms with Gasteiger partial charge in [0.05, 0.1) is 6.54 Å². The fourth-order valence-electron chi connectivity index (χ4n) is 2.96. The first kappa shape index (κ1) is 18.0. The van der Waals surface area contributed by atoms with E-state index < -0.39 is 5.60 Å². The number of anilines is 1. The van der Waals surface area contributed by atoms with Gasteiger partial charge in [-0.1, -0.05) is 39.0 Å². The highest BCUT2D eigenvalue weighted by Gasteiger charge is 2.45. The van der Waals surface area contributed by atoms with Gasteiger partial charge in [0, 0.05) is 10.6 Å². The lowest BCUT2D eigenvalue weighted by Gasteiger charge is -2.27. The number of aliphatic hydroxyl groups is 1. The first-order valence-corrected chi connectivity index (χ1v) is 9.59. The Morgan fingerprint density at radius 1 is 1.20 bits per heavy atom. The van der Waals surface area contributed by atoms with E-state index in [4.69, 9.17) is 0 Å². The summed E-state index contributed by atoms with van der Waals surface area (Å²) in [5.41, 5.74) is 1.10. The van der Waals surface area contributed by atoms with Crippen molar-refractivity contribution in [2.75, 3.05) is 11.9 Å². The predicted molar refractivity (Wildman–Crippen MR) is 103 cm³/mol. The highest BCUT2D eigenvalue weighted by atomic mass is 32.1. The van der Waals surface area contributed by atoms with E-state index in [1.54, 1.807) is 0 Å². The maximum atomic E-state index is 12.2. The topological polar surface area (TPSA) is 61.4 Å². The summed E-state index contributed by atoms with van der Waals surface area (Å²) in [5, 5.41) is 18.7. The van der Waals surface area contributed by atoms with Crippen LogP contribution >= 0.6 is 11.3 Å². The molecule has 5 heteroatoms. The summed E-state index contributed by atoms with van der Waals surface area (Å²) in [4.78, 5) is 13.1. The summed E-state index contributed by atoms with van der Waals surface area (Å²) in [7, 11) is 0. The average Bonchev–Trinajstić information content (AvgIpc) is 3.27. The smallest absolute Gasteiger partial charge is 0.319 e. The Morgan fingerprint density at radius 2 is 1.88 bits per heavy atom. The normalized spacial score (nSPS) is 17.0. The van der Waals surface area contributed by atoms with E-state index in [0.717, 1.165) is 23.4 Å². The molecular formula is C20H26N2O2S. The van der Waals surface area contributed by atoms with E-state index in [-0.39, 0.29) is 23.9 Å². The molecule has 0 saturated heterocycles. The first-order valence-electron chi connectivity index (χ1n) is 8.71. The second-order valence-electron chi connectivity index (χ2n) is 7.81. The zero-order valence-electron chi connectivity index (χ0n) is 15.0. The van der Waals surface area contributed by atoms with Gasteiger partial charge in [-0.3, -0.25) is 0 Å². The molecule has 4 nitrogen and oxygen atoms in total. The van der Waals surface area contributed by atoms with Crippen molar-refractivity contribution in [1.29, 1.82) is 0 Å². The van der Waals surface area contributed by atoms with Crippen molar-refractivity contribution in [3.05, 3.63) is 52.2 Å². The molecule has 1 atom stereocenters. The summed E-state index contributed by atoms with van der Waals surface area (Å²) < 4.78 is 0. The van der Waals surface area contributed by atoms with Crippen LogP contribution in [0.3, 0.4) is 0 Å². The maximum absolute atomic E-state index is 12.2. The molecule has 3 rings (SSSR count). The molecule has 0 spiro atoms. The quantitative estimate of drug-likeness (QED) is 0.739. The zero-order chi connectivity index (χ0) is 18.1. The summed E-state index contributed by atoms with van der Waals surface area (Å²) in [6.45, 7) is 6.70. The van der Waals surface area contributed by atoms with Crippen LogP contribution in [0, 0.1) is 5.92 Å². The largest absolute Gasteiger partial charge is 0.382 e. The number of nitrogens with one attached hydrogen (secondary N) is 2. The summed E-state index contributed by atoms with van der Waals surface area (Å²) in [5.74, 6) is 0.234. The van der Waals surface area contributed by atoms with Gasteiger partial charge >= 0.3 is 6.03 Å². The molecule has 1 aliphatic rings. The van der Waals surface area contributed by atoms with Crippen LogP contribution in [0.25, 0.3) is 0 Å². The van der Waals surface area contributed by atoms with Crippen molar-refractivity contribution in [2.24, 2.45) is 5.92 Å². The lowest BCUT2D eigenvalue weighted by atomic mass is 9.87. The Balaban J connectivity index is 1.59. The molecule has 2 amide bonds. The van der Waals surface area contributed by atoms with Crippen LogP contribution in [0.1, 0.15) is 44.1 Å². The van der Waals surface area contributed by atoms with Crippen molar-refractivity contribution >= 4 is 23.1 Å². The van der Waals surface area contributed by atoms with Crippen molar-refractivity contribution in [3.63, 3.8) is 0 Å². The van der Waals surface area contributed by atoms with Crippen molar-refractivity contribution in [1.82, 2.24) is 5.32 Å². The molecule has 1 fully saturated rings. The van der Waals surface area contributed by atoms with Gasteiger partial charge in [-0.15, -0.1) is 11.3 Å². The molecule has 1 saturated carbocycles. The lowest BCUT2D eigenvalue weighted by Crippen LogP contribution is -2.43. The molecule has 1 aromatic carbocycles. The predicted octanol–water partition coefficient (Wildman–Crippen LogP) is 4.46. The minimum Gasteiger partial charge on any atom is -0.382 e. The number of benzene rings is 1. The fraction of sp³-hybridized carbons (Fsp3) is 0.450. The van der Waals surface area contributed by atoms with Crippen LogP contribution < -0.4 is 10.6 Å². The zero-order valence-corrected chi connectivity index (χ0v) is 15.8. The molecule has 0 radical (unpaired) electrons. The molecule has 0 bridgehead atoms. The number of rotatable bonds is 5. The molecular weight excluding hydrogens is 332 g/mol. The Bertz CT molecular complexity index is 715. The van der Waals surface area contributed by atoms with Crippen LogP contribution in [0.4, 0.5) is 10.5 Å². The van der Waals surface area contributed by atoms with Crippen LogP contribution in [0.5, 0.6) is 0 Å². The van der Waals surface area contributed by atoms with Crippen molar-refractivity contribution < 1.29 is 9.90 Å². The van der Waals surface area contributed by atoms with Gasteiger partial charge in [0.2, 0.25) is 0 Å². The highest BCUT2D eigenvalue weighted by Crippen LogP contribution is 2.46. The number of carbonyl (C=O) groups is 1. The molecule has 1 heterocycles. The Labute approximate surface area is 153 Å². The van der Waals surface area contributed by atoms with E-state index in [1.807, 2.05) is 41.8 Å².